The molecule has 0 bridgehead atoms. The largest absolute Gasteiger partial charge is 0.373 e. The molecule has 0 spiro atoms. The van der Waals surface area contributed by atoms with Gasteiger partial charge in [-0.3, -0.25) is 4.68 Å². The van der Waals surface area contributed by atoms with Crippen molar-refractivity contribution in [2.24, 2.45) is 7.05 Å². The van der Waals surface area contributed by atoms with Crippen LogP contribution in [0.25, 0.3) is 11.1 Å². The predicted molar refractivity (Wildman–Crippen MR) is 90.3 cm³/mol. The van der Waals surface area contributed by atoms with Crippen molar-refractivity contribution in [2.45, 2.75) is 6.67 Å². The highest BCUT2D eigenvalue weighted by Gasteiger charge is 2.16. The number of halogens is 2. The van der Waals surface area contributed by atoms with Crippen LogP contribution in [0.2, 0.25) is 5.15 Å². The third kappa shape index (κ3) is 3.59. The summed E-state index contributed by atoms with van der Waals surface area (Å²) in [5, 5.41) is 4.56. The molecule has 0 N–H and O–H groups in total. The number of anilines is 1. The summed E-state index contributed by atoms with van der Waals surface area (Å²) in [6, 6.07) is 7.97. The average Bonchev–Trinajstić information content (AvgIpc) is 2.80. The van der Waals surface area contributed by atoms with E-state index in [1.165, 1.54) is 4.68 Å². The molecular formula is C16H22ClFN4. The lowest BCUT2D eigenvalue weighted by atomic mass is 10.1. The van der Waals surface area contributed by atoms with Gasteiger partial charge in [-0.25, -0.2) is 4.39 Å². The third-order valence-electron chi connectivity index (χ3n) is 3.66. The van der Waals surface area contributed by atoms with Gasteiger partial charge in [0.05, 0.1) is 0 Å². The molecule has 0 saturated heterocycles. The molecule has 0 amide bonds. The first-order valence-corrected chi connectivity index (χ1v) is 7.55. The number of hydrogen-bond donors (Lipinski definition) is 0. The summed E-state index contributed by atoms with van der Waals surface area (Å²) in [5.74, 6) is 0. The highest BCUT2D eigenvalue weighted by atomic mass is 35.5. The second kappa shape index (κ2) is 7.11. The van der Waals surface area contributed by atoms with Crippen molar-refractivity contribution in [3.05, 3.63) is 35.1 Å². The molecule has 0 fully saturated rings. The quantitative estimate of drug-likeness (QED) is 0.815. The molecule has 0 aliphatic heterocycles. The van der Waals surface area contributed by atoms with Crippen LogP contribution in [0.5, 0.6) is 0 Å². The van der Waals surface area contributed by atoms with E-state index in [2.05, 4.69) is 36.0 Å². The van der Waals surface area contributed by atoms with E-state index in [4.69, 9.17) is 11.6 Å². The minimum absolute atomic E-state index is 0.376. The van der Waals surface area contributed by atoms with Crippen LogP contribution in [-0.2, 0) is 13.7 Å². The first-order valence-electron chi connectivity index (χ1n) is 7.17. The Labute approximate surface area is 136 Å². The minimum Gasteiger partial charge on any atom is -0.373 e. The van der Waals surface area contributed by atoms with Crippen LogP contribution in [-0.4, -0.2) is 48.9 Å². The van der Waals surface area contributed by atoms with Crippen LogP contribution in [0.1, 0.15) is 5.69 Å². The fourth-order valence-corrected chi connectivity index (χ4v) is 2.55. The van der Waals surface area contributed by atoms with Crippen molar-refractivity contribution in [3.8, 4) is 11.1 Å². The molecule has 0 atom stereocenters. The summed E-state index contributed by atoms with van der Waals surface area (Å²) in [4.78, 5) is 4.33. The summed E-state index contributed by atoms with van der Waals surface area (Å²) in [6.45, 7) is 1.30. The molecule has 1 heterocycles. The second-order valence-corrected chi connectivity index (χ2v) is 6.00. The van der Waals surface area contributed by atoms with Crippen molar-refractivity contribution in [1.82, 2.24) is 14.7 Å². The molecule has 2 aromatic rings. The van der Waals surface area contributed by atoms with Crippen molar-refractivity contribution < 1.29 is 4.39 Å². The SMILES string of the molecule is CN(C)CCN(C)c1ccc(-c2c(CF)nn(C)c2Cl)cc1. The normalized spacial score (nSPS) is 11.2. The number of hydrogen-bond acceptors (Lipinski definition) is 3. The summed E-state index contributed by atoms with van der Waals surface area (Å²) >= 11 is 6.23. The summed E-state index contributed by atoms with van der Waals surface area (Å²) in [6.07, 6.45) is 0. The molecular weight excluding hydrogens is 303 g/mol. The lowest BCUT2D eigenvalue weighted by Gasteiger charge is -2.21. The van der Waals surface area contributed by atoms with Crippen LogP contribution in [0.3, 0.4) is 0 Å². The molecule has 4 nitrogen and oxygen atoms in total. The van der Waals surface area contributed by atoms with Crippen LogP contribution in [0.4, 0.5) is 10.1 Å². The molecule has 6 heteroatoms. The molecule has 0 aliphatic carbocycles. The van der Waals surface area contributed by atoms with Crippen molar-refractivity contribution >= 4 is 17.3 Å². The van der Waals surface area contributed by atoms with Crippen LogP contribution in [0.15, 0.2) is 24.3 Å². The van der Waals surface area contributed by atoms with E-state index in [-0.39, 0.29) is 0 Å². The highest BCUT2D eigenvalue weighted by Crippen LogP contribution is 2.32. The number of aromatic nitrogens is 2. The Morgan fingerprint density at radius 3 is 2.32 bits per heavy atom. The van der Waals surface area contributed by atoms with Gasteiger partial charge < -0.3 is 9.80 Å². The molecule has 1 aromatic carbocycles. The van der Waals surface area contributed by atoms with E-state index in [1.807, 2.05) is 24.3 Å². The Morgan fingerprint density at radius 2 is 1.77 bits per heavy atom. The molecule has 0 unspecified atom stereocenters. The number of rotatable bonds is 6. The molecule has 2 rings (SSSR count). The number of likely N-dealkylation sites (N-methyl/N-ethyl adjacent to an activating group) is 2. The molecule has 0 radical (unpaired) electrons. The van der Waals surface area contributed by atoms with E-state index >= 15 is 0 Å². The first kappa shape index (κ1) is 16.8. The van der Waals surface area contributed by atoms with Gasteiger partial charge in [-0.2, -0.15) is 5.10 Å². The standard InChI is InChI=1S/C16H22ClFN4/c1-20(2)9-10-21(3)13-7-5-12(6-8-13)15-14(11-18)19-22(4)16(15)17/h5-8H,9-11H2,1-4H3. The Bertz CT molecular complexity index is 622. The summed E-state index contributed by atoms with van der Waals surface area (Å²) in [5.41, 5.74) is 3.05. The van der Waals surface area contributed by atoms with Crippen molar-refractivity contribution in [1.29, 1.82) is 0 Å². The van der Waals surface area contributed by atoms with E-state index in [0.717, 1.165) is 24.3 Å². The van der Waals surface area contributed by atoms with E-state index in [0.29, 0.717) is 16.4 Å². The topological polar surface area (TPSA) is 24.3 Å². The van der Waals surface area contributed by atoms with Crippen molar-refractivity contribution in [2.75, 3.05) is 39.1 Å². The van der Waals surface area contributed by atoms with Gasteiger partial charge in [-0.15, -0.1) is 0 Å². The van der Waals surface area contributed by atoms with E-state index in [1.54, 1.807) is 7.05 Å². The van der Waals surface area contributed by atoms with Crippen LogP contribution in [0, 0.1) is 0 Å². The zero-order valence-electron chi connectivity index (χ0n) is 13.5. The Hall–Kier alpha value is -1.59. The Kier molecular flexibility index (Phi) is 5.42. The van der Waals surface area contributed by atoms with Crippen LogP contribution < -0.4 is 4.90 Å². The van der Waals surface area contributed by atoms with Gasteiger partial charge in [-0.05, 0) is 31.8 Å². The van der Waals surface area contributed by atoms with Crippen molar-refractivity contribution in [3.63, 3.8) is 0 Å². The molecule has 0 saturated carbocycles. The average molecular weight is 325 g/mol. The van der Waals surface area contributed by atoms with Gasteiger partial charge in [0.15, 0.2) is 0 Å². The molecule has 22 heavy (non-hydrogen) atoms. The second-order valence-electron chi connectivity index (χ2n) is 5.64. The van der Waals surface area contributed by atoms with E-state index < -0.39 is 6.67 Å². The van der Waals surface area contributed by atoms with Gasteiger partial charge in [0.2, 0.25) is 0 Å². The summed E-state index contributed by atoms with van der Waals surface area (Å²) < 4.78 is 14.6. The lowest BCUT2D eigenvalue weighted by Crippen LogP contribution is -2.28. The van der Waals surface area contributed by atoms with Crippen LogP contribution >= 0.6 is 11.6 Å². The minimum atomic E-state index is -0.625. The predicted octanol–water partition coefficient (Wildman–Crippen LogP) is 3.21. The van der Waals surface area contributed by atoms with Gasteiger partial charge in [0, 0.05) is 38.4 Å². The lowest BCUT2D eigenvalue weighted by molar-refractivity contribution is 0.416. The fraction of sp³-hybridized carbons (Fsp3) is 0.438. The number of aryl methyl sites for hydroxylation is 1. The Morgan fingerprint density at radius 1 is 1.14 bits per heavy atom. The monoisotopic (exact) mass is 324 g/mol. The van der Waals surface area contributed by atoms with Gasteiger partial charge in [0.25, 0.3) is 0 Å². The highest BCUT2D eigenvalue weighted by molar-refractivity contribution is 6.32. The number of nitrogens with zero attached hydrogens (tertiary/aromatic N) is 4. The Balaban J connectivity index is 2.22. The molecule has 1 aromatic heterocycles. The zero-order chi connectivity index (χ0) is 16.3. The van der Waals surface area contributed by atoms with Gasteiger partial charge in [0.1, 0.15) is 17.5 Å². The molecule has 0 aliphatic rings. The maximum atomic E-state index is 13.1. The maximum absolute atomic E-state index is 13.1. The molecule has 120 valence electrons. The first-order chi connectivity index (χ1) is 10.4. The number of benzene rings is 1. The van der Waals surface area contributed by atoms with Gasteiger partial charge in [-0.1, -0.05) is 23.7 Å². The summed E-state index contributed by atoms with van der Waals surface area (Å²) in [7, 11) is 7.89. The zero-order valence-corrected chi connectivity index (χ0v) is 14.2. The third-order valence-corrected chi connectivity index (χ3v) is 4.09. The maximum Gasteiger partial charge on any atom is 0.134 e. The fourth-order valence-electron chi connectivity index (χ4n) is 2.30. The number of alkyl halides is 1. The van der Waals surface area contributed by atoms with E-state index in [9.17, 15) is 4.39 Å². The smallest absolute Gasteiger partial charge is 0.134 e. The van der Waals surface area contributed by atoms with Gasteiger partial charge >= 0.3 is 0 Å².